The van der Waals surface area contributed by atoms with E-state index in [9.17, 15) is 4.79 Å². The second kappa shape index (κ2) is 4.65. The molecular formula is C11H15NO. The molecule has 0 aliphatic heterocycles. The molecular weight excluding hydrogens is 162 g/mol. The molecule has 2 nitrogen and oxygen atoms in total. The Hall–Kier alpha value is -1.31. The van der Waals surface area contributed by atoms with E-state index >= 15 is 0 Å². The van der Waals surface area contributed by atoms with E-state index in [0.717, 1.165) is 0 Å². The van der Waals surface area contributed by atoms with Crippen LogP contribution in [0.5, 0.6) is 0 Å². The van der Waals surface area contributed by atoms with Gasteiger partial charge in [-0.1, -0.05) is 37.3 Å². The van der Waals surface area contributed by atoms with Crippen LogP contribution in [0.3, 0.4) is 0 Å². The highest BCUT2D eigenvalue weighted by Gasteiger charge is 2.05. The maximum atomic E-state index is 11.2. The lowest BCUT2D eigenvalue weighted by Gasteiger charge is -2.15. The highest BCUT2D eigenvalue weighted by molar-refractivity contribution is 5.75. The van der Waals surface area contributed by atoms with Gasteiger partial charge >= 0.3 is 0 Å². The van der Waals surface area contributed by atoms with Gasteiger partial charge in [0.15, 0.2) is 0 Å². The number of carbonyl (C=O) groups excluding carboxylic acids is 1. The van der Waals surface area contributed by atoms with E-state index in [2.05, 4.69) is 0 Å². The third-order valence-corrected chi connectivity index (χ3v) is 1.99. The second-order valence-corrected chi connectivity index (χ2v) is 3.09. The SMILES string of the molecule is CCC(=O)N(C)Cc1ccccc1. The first-order valence-electron chi connectivity index (χ1n) is 4.52. The highest BCUT2D eigenvalue weighted by atomic mass is 16.2. The number of rotatable bonds is 3. The zero-order chi connectivity index (χ0) is 9.68. The maximum Gasteiger partial charge on any atom is 0.222 e. The lowest BCUT2D eigenvalue weighted by Crippen LogP contribution is -2.24. The van der Waals surface area contributed by atoms with Crippen molar-refractivity contribution < 1.29 is 4.79 Å². The summed E-state index contributed by atoms with van der Waals surface area (Å²) in [5, 5.41) is 0. The van der Waals surface area contributed by atoms with Crippen LogP contribution in [0.2, 0.25) is 0 Å². The lowest BCUT2D eigenvalue weighted by molar-refractivity contribution is -0.130. The van der Waals surface area contributed by atoms with Crippen molar-refractivity contribution in [2.45, 2.75) is 19.9 Å². The summed E-state index contributed by atoms with van der Waals surface area (Å²) in [4.78, 5) is 13.0. The van der Waals surface area contributed by atoms with Gasteiger partial charge in [0.05, 0.1) is 0 Å². The summed E-state index contributed by atoms with van der Waals surface area (Å²) in [6.45, 7) is 2.58. The predicted molar refractivity (Wildman–Crippen MR) is 53.2 cm³/mol. The van der Waals surface area contributed by atoms with Gasteiger partial charge in [-0.3, -0.25) is 4.79 Å². The molecule has 0 atom stereocenters. The molecule has 0 aliphatic rings. The van der Waals surface area contributed by atoms with Gasteiger partial charge in [0.1, 0.15) is 0 Å². The predicted octanol–water partition coefficient (Wildman–Crippen LogP) is 2.06. The minimum atomic E-state index is 0.184. The normalized spacial score (nSPS) is 9.69. The monoisotopic (exact) mass is 177 g/mol. The molecule has 0 spiro atoms. The van der Waals surface area contributed by atoms with Gasteiger partial charge in [-0.2, -0.15) is 0 Å². The smallest absolute Gasteiger partial charge is 0.222 e. The molecule has 0 aromatic heterocycles. The lowest BCUT2D eigenvalue weighted by atomic mass is 10.2. The van der Waals surface area contributed by atoms with Gasteiger partial charge in [-0.25, -0.2) is 0 Å². The van der Waals surface area contributed by atoms with Gasteiger partial charge in [0.25, 0.3) is 0 Å². The average Bonchev–Trinajstić information content (AvgIpc) is 2.18. The van der Waals surface area contributed by atoms with Crippen molar-refractivity contribution in [1.29, 1.82) is 0 Å². The van der Waals surface area contributed by atoms with Crippen LogP contribution in [0.25, 0.3) is 0 Å². The molecule has 0 unspecified atom stereocenters. The Morgan fingerprint density at radius 2 is 1.92 bits per heavy atom. The summed E-state index contributed by atoms with van der Waals surface area (Å²) < 4.78 is 0. The van der Waals surface area contributed by atoms with Crippen LogP contribution in [-0.2, 0) is 11.3 Å². The molecule has 1 aromatic carbocycles. The summed E-state index contributed by atoms with van der Waals surface area (Å²) in [5.74, 6) is 0.184. The number of carbonyl (C=O) groups is 1. The van der Waals surface area contributed by atoms with E-state index in [1.165, 1.54) is 5.56 Å². The first kappa shape index (κ1) is 9.78. The molecule has 0 fully saturated rings. The second-order valence-electron chi connectivity index (χ2n) is 3.09. The maximum absolute atomic E-state index is 11.2. The summed E-state index contributed by atoms with van der Waals surface area (Å²) in [7, 11) is 1.83. The number of amides is 1. The summed E-state index contributed by atoms with van der Waals surface area (Å²) in [6.07, 6.45) is 0.573. The van der Waals surface area contributed by atoms with Gasteiger partial charge < -0.3 is 4.90 Å². The van der Waals surface area contributed by atoms with Gasteiger partial charge in [-0.05, 0) is 5.56 Å². The molecule has 0 heterocycles. The zero-order valence-electron chi connectivity index (χ0n) is 8.16. The first-order chi connectivity index (χ1) is 6.24. The quantitative estimate of drug-likeness (QED) is 0.692. The Kier molecular flexibility index (Phi) is 3.50. The van der Waals surface area contributed by atoms with Crippen molar-refractivity contribution >= 4 is 5.91 Å². The van der Waals surface area contributed by atoms with Crippen molar-refractivity contribution in [1.82, 2.24) is 4.90 Å². The van der Waals surface area contributed by atoms with Gasteiger partial charge in [0, 0.05) is 20.0 Å². The minimum absolute atomic E-state index is 0.184. The summed E-state index contributed by atoms with van der Waals surface area (Å²) in [5.41, 5.74) is 1.17. The van der Waals surface area contributed by atoms with Crippen molar-refractivity contribution in [3.63, 3.8) is 0 Å². The molecule has 0 N–H and O–H groups in total. The van der Waals surface area contributed by atoms with Crippen LogP contribution in [0.4, 0.5) is 0 Å². The van der Waals surface area contributed by atoms with E-state index in [1.807, 2.05) is 44.3 Å². The van der Waals surface area contributed by atoms with Gasteiger partial charge in [-0.15, -0.1) is 0 Å². The molecule has 0 aliphatic carbocycles. The Morgan fingerprint density at radius 1 is 1.31 bits per heavy atom. The minimum Gasteiger partial charge on any atom is -0.341 e. The van der Waals surface area contributed by atoms with Crippen LogP contribution in [0, 0.1) is 0 Å². The summed E-state index contributed by atoms with van der Waals surface area (Å²) >= 11 is 0. The molecule has 0 saturated carbocycles. The number of benzene rings is 1. The van der Waals surface area contributed by atoms with E-state index in [-0.39, 0.29) is 5.91 Å². The van der Waals surface area contributed by atoms with E-state index in [1.54, 1.807) is 4.90 Å². The van der Waals surface area contributed by atoms with Crippen molar-refractivity contribution in [2.24, 2.45) is 0 Å². The van der Waals surface area contributed by atoms with Gasteiger partial charge in [0.2, 0.25) is 5.91 Å². The molecule has 0 saturated heterocycles. The van der Waals surface area contributed by atoms with Crippen LogP contribution in [0.1, 0.15) is 18.9 Å². The molecule has 1 rings (SSSR count). The molecule has 1 amide bonds. The largest absolute Gasteiger partial charge is 0.341 e. The highest BCUT2D eigenvalue weighted by Crippen LogP contribution is 2.03. The average molecular weight is 177 g/mol. The fourth-order valence-corrected chi connectivity index (χ4v) is 1.22. The Balaban J connectivity index is 2.55. The number of nitrogens with zero attached hydrogens (tertiary/aromatic N) is 1. The number of hydrogen-bond acceptors (Lipinski definition) is 1. The molecule has 0 bridgehead atoms. The van der Waals surface area contributed by atoms with E-state index < -0.39 is 0 Å². The number of hydrogen-bond donors (Lipinski definition) is 0. The third kappa shape index (κ3) is 2.90. The first-order valence-corrected chi connectivity index (χ1v) is 4.52. The van der Waals surface area contributed by atoms with Crippen LogP contribution < -0.4 is 0 Å². The molecule has 2 heteroatoms. The van der Waals surface area contributed by atoms with Crippen LogP contribution >= 0.6 is 0 Å². The molecule has 0 radical (unpaired) electrons. The topological polar surface area (TPSA) is 20.3 Å². The van der Waals surface area contributed by atoms with Crippen molar-refractivity contribution in [2.75, 3.05) is 7.05 Å². The molecule has 1 aromatic rings. The Morgan fingerprint density at radius 3 is 2.46 bits per heavy atom. The van der Waals surface area contributed by atoms with E-state index in [4.69, 9.17) is 0 Å². The standard InChI is InChI=1S/C11H15NO/c1-3-11(13)12(2)9-10-7-5-4-6-8-10/h4-8H,3,9H2,1-2H3. The fourth-order valence-electron chi connectivity index (χ4n) is 1.22. The summed E-state index contributed by atoms with van der Waals surface area (Å²) in [6, 6.07) is 10.0. The molecule has 13 heavy (non-hydrogen) atoms. The Bertz CT molecular complexity index is 269. The van der Waals surface area contributed by atoms with Crippen molar-refractivity contribution in [3.05, 3.63) is 35.9 Å². The molecule has 70 valence electrons. The van der Waals surface area contributed by atoms with E-state index in [0.29, 0.717) is 13.0 Å². The Labute approximate surface area is 79.2 Å². The fraction of sp³-hybridized carbons (Fsp3) is 0.364. The van der Waals surface area contributed by atoms with Crippen LogP contribution in [0.15, 0.2) is 30.3 Å². The van der Waals surface area contributed by atoms with Crippen LogP contribution in [-0.4, -0.2) is 17.9 Å². The third-order valence-electron chi connectivity index (χ3n) is 1.99. The zero-order valence-corrected chi connectivity index (χ0v) is 8.16. The van der Waals surface area contributed by atoms with Crippen molar-refractivity contribution in [3.8, 4) is 0 Å².